The number of nitrogens with zero attached hydrogens (tertiary/aromatic N) is 4. The van der Waals surface area contributed by atoms with Crippen molar-refractivity contribution in [3.05, 3.63) is 42.1 Å². The monoisotopic (exact) mass is 242 g/mol. The van der Waals surface area contributed by atoms with Crippen LogP contribution < -0.4 is 5.73 Å². The zero-order valence-corrected chi connectivity index (χ0v) is 9.37. The van der Waals surface area contributed by atoms with Crippen LogP contribution in [0.3, 0.4) is 0 Å². The fourth-order valence-electron chi connectivity index (χ4n) is 1.58. The smallest absolute Gasteiger partial charge is 0.263 e. The Bertz CT molecular complexity index is 644. The van der Waals surface area contributed by atoms with Gasteiger partial charge in [0, 0.05) is 18.8 Å². The topological polar surface area (TPSA) is 107 Å². The molecule has 3 aromatic rings. The number of aromatic amines is 1. The van der Waals surface area contributed by atoms with E-state index in [1.54, 1.807) is 18.6 Å². The number of aromatic nitrogens is 5. The van der Waals surface area contributed by atoms with Crippen LogP contribution in [0.25, 0.3) is 11.5 Å². The first-order valence-corrected chi connectivity index (χ1v) is 5.33. The number of rotatable bonds is 3. The Balaban J connectivity index is 1.84. The van der Waals surface area contributed by atoms with E-state index in [-0.39, 0.29) is 0 Å². The van der Waals surface area contributed by atoms with Crippen LogP contribution in [0, 0.1) is 0 Å². The van der Waals surface area contributed by atoms with Gasteiger partial charge >= 0.3 is 0 Å². The highest BCUT2D eigenvalue weighted by atomic mass is 16.5. The summed E-state index contributed by atoms with van der Waals surface area (Å²) in [5.74, 6) is 1.37. The van der Waals surface area contributed by atoms with Crippen molar-refractivity contribution < 1.29 is 4.52 Å². The summed E-state index contributed by atoms with van der Waals surface area (Å²) in [6, 6.07) is 3.81. The molecule has 0 atom stereocenters. The van der Waals surface area contributed by atoms with E-state index < -0.39 is 0 Å². The van der Waals surface area contributed by atoms with E-state index in [9.17, 15) is 0 Å². The minimum absolute atomic E-state index is 0.366. The Kier molecular flexibility index (Phi) is 2.49. The molecule has 3 rings (SSSR count). The summed E-state index contributed by atoms with van der Waals surface area (Å²) in [4.78, 5) is 8.22. The van der Waals surface area contributed by atoms with E-state index in [1.807, 2.05) is 12.1 Å². The number of hydrogen-bond donors (Lipinski definition) is 2. The lowest BCUT2D eigenvalue weighted by Crippen LogP contribution is -1.91. The second-order valence-corrected chi connectivity index (χ2v) is 3.75. The number of nitrogen functional groups attached to an aromatic ring is 1. The maximum Gasteiger partial charge on any atom is 0.263 e. The molecule has 7 nitrogen and oxygen atoms in total. The van der Waals surface area contributed by atoms with Gasteiger partial charge in [-0.3, -0.25) is 10.1 Å². The summed E-state index contributed by atoms with van der Waals surface area (Å²) in [5, 5.41) is 10.3. The SMILES string of the molecule is Nc1[nH]ncc1-c1nc(Cc2ccncc2)no1. The number of H-pyrrole nitrogens is 1. The molecule has 0 saturated heterocycles. The lowest BCUT2D eigenvalue weighted by atomic mass is 10.2. The van der Waals surface area contributed by atoms with Gasteiger partial charge in [-0.1, -0.05) is 5.16 Å². The molecule has 3 N–H and O–H groups in total. The van der Waals surface area contributed by atoms with Crippen molar-refractivity contribution in [1.82, 2.24) is 25.3 Å². The van der Waals surface area contributed by atoms with Crippen molar-refractivity contribution in [2.24, 2.45) is 0 Å². The van der Waals surface area contributed by atoms with E-state index in [0.29, 0.717) is 29.5 Å². The van der Waals surface area contributed by atoms with Crippen molar-refractivity contribution in [2.45, 2.75) is 6.42 Å². The summed E-state index contributed by atoms with van der Waals surface area (Å²) < 4.78 is 5.15. The molecule has 90 valence electrons. The van der Waals surface area contributed by atoms with Gasteiger partial charge in [0.2, 0.25) is 0 Å². The van der Waals surface area contributed by atoms with E-state index in [0.717, 1.165) is 5.56 Å². The van der Waals surface area contributed by atoms with Gasteiger partial charge in [0.15, 0.2) is 5.82 Å². The molecule has 0 saturated carbocycles. The van der Waals surface area contributed by atoms with Crippen LogP contribution in [0.4, 0.5) is 5.82 Å². The fraction of sp³-hybridized carbons (Fsp3) is 0.0909. The molecule has 0 aliphatic rings. The van der Waals surface area contributed by atoms with Crippen molar-refractivity contribution in [1.29, 1.82) is 0 Å². The average molecular weight is 242 g/mol. The van der Waals surface area contributed by atoms with Crippen LogP contribution in [0.15, 0.2) is 35.2 Å². The summed E-state index contributed by atoms with van der Waals surface area (Å²) in [7, 11) is 0. The van der Waals surface area contributed by atoms with Crippen LogP contribution in [-0.2, 0) is 6.42 Å². The van der Waals surface area contributed by atoms with Crippen LogP contribution in [-0.4, -0.2) is 25.3 Å². The molecule has 3 aromatic heterocycles. The molecule has 0 radical (unpaired) electrons. The van der Waals surface area contributed by atoms with Crippen molar-refractivity contribution >= 4 is 5.82 Å². The maximum absolute atomic E-state index is 5.68. The standard InChI is InChI=1S/C11H10N6O/c12-10-8(6-14-16-10)11-15-9(17-18-11)5-7-1-3-13-4-2-7/h1-4,6H,5H2,(H3,12,14,16). The highest BCUT2D eigenvalue weighted by Crippen LogP contribution is 2.21. The quantitative estimate of drug-likeness (QED) is 0.710. The van der Waals surface area contributed by atoms with Crippen LogP contribution in [0.5, 0.6) is 0 Å². The molecule has 7 heteroatoms. The molecular weight excluding hydrogens is 232 g/mol. The summed E-state index contributed by atoms with van der Waals surface area (Å²) in [5.41, 5.74) is 7.36. The predicted molar refractivity (Wildman–Crippen MR) is 63.3 cm³/mol. The molecule has 0 fully saturated rings. The second kappa shape index (κ2) is 4.28. The van der Waals surface area contributed by atoms with E-state index in [4.69, 9.17) is 10.3 Å². The Morgan fingerprint density at radius 2 is 2.11 bits per heavy atom. The molecule has 0 bridgehead atoms. The number of nitrogens with two attached hydrogens (primary N) is 1. The maximum atomic E-state index is 5.68. The van der Waals surface area contributed by atoms with Crippen molar-refractivity contribution in [3.63, 3.8) is 0 Å². The third-order valence-corrected chi connectivity index (χ3v) is 2.48. The summed E-state index contributed by atoms with van der Waals surface area (Å²) >= 11 is 0. The zero-order chi connectivity index (χ0) is 12.4. The molecular formula is C11H10N6O. The van der Waals surface area contributed by atoms with Crippen molar-refractivity contribution in [3.8, 4) is 11.5 Å². The Morgan fingerprint density at radius 1 is 1.28 bits per heavy atom. The predicted octanol–water partition coefficient (Wildman–Crippen LogP) is 1.03. The molecule has 0 aliphatic heterocycles. The minimum atomic E-state index is 0.366. The third kappa shape index (κ3) is 1.93. The molecule has 0 aromatic carbocycles. The first-order valence-electron chi connectivity index (χ1n) is 5.33. The van der Waals surface area contributed by atoms with Gasteiger partial charge in [0.25, 0.3) is 5.89 Å². The van der Waals surface area contributed by atoms with E-state index in [1.165, 1.54) is 0 Å². The highest BCUT2D eigenvalue weighted by Gasteiger charge is 2.13. The Labute approximate surface area is 102 Å². The van der Waals surface area contributed by atoms with Crippen molar-refractivity contribution in [2.75, 3.05) is 5.73 Å². The number of anilines is 1. The molecule has 0 aliphatic carbocycles. The van der Waals surface area contributed by atoms with Gasteiger partial charge in [0.1, 0.15) is 11.4 Å². The van der Waals surface area contributed by atoms with Crippen LogP contribution in [0.1, 0.15) is 11.4 Å². The normalized spacial score (nSPS) is 10.7. The van der Waals surface area contributed by atoms with Gasteiger partial charge < -0.3 is 10.3 Å². The van der Waals surface area contributed by atoms with Gasteiger partial charge in [-0.15, -0.1) is 0 Å². The largest absolute Gasteiger partial charge is 0.383 e. The number of nitrogens with one attached hydrogen (secondary N) is 1. The van der Waals surface area contributed by atoms with Gasteiger partial charge in [-0.25, -0.2) is 0 Å². The lowest BCUT2D eigenvalue weighted by Gasteiger charge is -1.93. The number of pyridine rings is 1. The second-order valence-electron chi connectivity index (χ2n) is 3.75. The average Bonchev–Trinajstić information content (AvgIpc) is 2.99. The third-order valence-electron chi connectivity index (χ3n) is 2.48. The highest BCUT2D eigenvalue weighted by molar-refractivity contribution is 5.65. The fourth-order valence-corrected chi connectivity index (χ4v) is 1.58. The van der Waals surface area contributed by atoms with Crippen LogP contribution >= 0.6 is 0 Å². The molecule has 0 spiro atoms. The van der Waals surface area contributed by atoms with Crippen LogP contribution in [0.2, 0.25) is 0 Å². The molecule has 0 unspecified atom stereocenters. The Morgan fingerprint density at radius 3 is 2.83 bits per heavy atom. The summed E-state index contributed by atoms with van der Waals surface area (Å²) in [6.45, 7) is 0. The lowest BCUT2D eigenvalue weighted by molar-refractivity contribution is 0.424. The van der Waals surface area contributed by atoms with Gasteiger partial charge in [-0.2, -0.15) is 10.1 Å². The first-order chi connectivity index (χ1) is 8.83. The van der Waals surface area contributed by atoms with Gasteiger partial charge in [-0.05, 0) is 17.7 Å². The minimum Gasteiger partial charge on any atom is -0.383 e. The molecule has 18 heavy (non-hydrogen) atoms. The van der Waals surface area contributed by atoms with E-state index in [2.05, 4.69) is 25.3 Å². The first kappa shape index (κ1) is 10.5. The number of hydrogen-bond acceptors (Lipinski definition) is 6. The summed E-state index contributed by atoms with van der Waals surface area (Å²) in [6.07, 6.45) is 5.59. The van der Waals surface area contributed by atoms with E-state index >= 15 is 0 Å². The molecule has 0 amide bonds. The van der Waals surface area contributed by atoms with Gasteiger partial charge in [0.05, 0.1) is 6.20 Å². The zero-order valence-electron chi connectivity index (χ0n) is 9.37. The molecule has 3 heterocycles. The Hall–Kier alpha value is -2.70.